The highest BCUT2D eigenvalue weighted by Gasteiger charge is 2.20. The molecule has 6 nitrogen and oxygen atoms in total. The Morgan fingerprint density at radius 3 is 2.77 bits per heavy atom. The predicted molar refractivity (Wildman–Crippen MR) is 114 cm³/mol. The van der Waals surface area contributed by atoms with Crippen molar-refractivity contribution in [3.05, 3.63) is 81.6 Å². The van der Waals surface area contributed by atoms with Gasteiger partial charge in [-0.25, -0.2) is 14.2 Å². The van der Waals surface area contributed by atoms with Gasteiger partial charge in [0.25, 0.3) is 0 Å². The first-order chi connectivity index (χ1) is 14.3. The smallest absolute Gasteiger partial charge is 0.342 e. The number of aromatic nitrogens is 4. The maximum atomic E-state index is 13.1. The second kappa shape index (κ2) is 7.91. The number of aryl methyl sites for hydroxylation is 1. The van der Waals surface area contributed by atoms with Crippen LogP contribution in [0.2, 0.25) is 5.02 Å². The average molecular weight is 426 g/mol. The van der Waals surface area contributed by atoms with Crippen molar-refractivity contribution in [1.82, 2.24) is 25.1 Å². The fourth-order valence-corrected chi connectivity index (χ4v) is 3.74. The van der Waals surface area contributed by atoms with Crippen molar-refractivity contribution in [2.24, 2.45) is 0 Å². The largest absolute Gasteiger partial charge is 0.346 e. The summed E-state index contributed by atoms with van der Waals surface area (Å²) in [5, 5.41) is 8.88. The zero-order chi connectivity index (χ0) is 21.4. The van der Waals surface area contributed by atoms with Crippen molar-refractivity contribution in [2.45, 2.75) is 33.2 Å². The van der Waals surface area contributed by atoms with E-state index in [9.17, 15) is 9.18 Å². The SMILES string of the molecule is Cc1nn(C(=O)N[C@@H](C)c2ccc(F)cc2)c(C)c1Cc1c[nH]c2ncc(Cl)cc12. The zero-order valence-corrected chi connectivity index (χ0v) is 17.6. The van der Waals surface area contributed by atoms with Crippen LogP contribution in [0.15, 0.2) is 42.7 Å². The molecule has 0 unspecified atom stereocenters. The monoisotopic (exact) mass is 425 g/mol. The summed E-state index contributed by atoms with van der Waals surface area (Å²) in [6, 6.07) is 7.33. The van der Waals surface area contributed by atoms with E-state index in [1.165, 1.54) is 16.8 Å². The number of carbonyl (C=O) groups is 1. The molecule has 0 radical (unpaired) electrons. The van der Waals surface area contributed by atoms with Crippen LogP contribution in [0.25, 0.3) is 11.0 Å². The molecule has 0 aliphatic carbocycles. The summed E-state index contributed by atoms with van der Waals surface area (Å²) < 4.78 is 14.5. The third kappa shape index (κ3) is 3.80. The van der Waals surface area contributed by atoms with Gasteiger partial charge in [0, 0.05) is 35.5 Å². The third-order valence-electron chi connectivity index (χ3n) is 5.29. The second-order valence-corrected chi connectivity index (χ2v) is 7.76. The Kier molecular flexibility index (Phi) is 5.30. The van der Waals surface area contributed by atoms with E-state index in [1.54, 1.807) is 18.3 Å². The number of nitrogens with zero attached hydrogens (tertiary/aromatic N) is 3. The van der Waals surface area contributed by atoms with Crippen LogP contribution in [0.5, 0.6) is 0 Å². The molecule has 0 aliphatic rings. The number of halogens is 2. The Morgan fingerprint density at radius 1 is 1.30 bits per heavy atom. The van der Waals surface area contributed by atoms with E-state index >= 15 is 0 Å². The Balaban J connectivity index is 1.57. The summed E-state index contributed by atoms with van der Waals surface area (Å²) in [5.74, 6) is -0.311. The van der Waals surface area contributed by atoms with E-state index in [2.05, 4.69) is 20.4 Å². The maximum Gasteiger partial charge on any atom is 0.342 e. The molecule has 4 aromatic rings. The van der Waals surface area contributed by atoms with Gasteiger partial charge in [0.15, 0.2) is 0 Å². The third-order valence-corrected chi connectivity index (χ3v) is 5.50. The lowest BCUT2D eigenvalue weighted by atomic mass is 10.0. The lowest BCUT2D eigenvalue weighted by Crippen LogP contribution is -2.32. The van der Waals surface area contributed by atoms with Gasteiger partial charge in [0.05, 0.1) is 16.8 Å². The number of hydrogen-bond acceptors (Lipinski definition) is 3. The highest BCUT2D eigenvalue weighted by molar-refractivity contribution is 6.31. The normalized spacial score (nSPS) is 12.3. The van der Waals surface area contributed by atoms with Gasteiger partial charge < -0.3 is 10.3 Å². The first-order valence-corrected chi connectivity index (χ1v) is 9.94. The number of fused-ring (bicyclic) bond motifs is 1. The van der Waals surface area contributed by atoms with Crippen LogP contribution >= 0.6 is 11.6 Å². The molecule has 3 heterocycles. The van der Waals surface area contributed by atoms with Gasteiger partial charge >= 0.3 is 6.03 Å². The highest BCUT2D eigenvalue weighted by Crippen LogP contribution is 2.25. The molecule has 1 aromatic carbocycles. The minimum Gasteiger partial charge on any atom is -0.346 e. The second-order valence-electron chi connectivity index (χ2n) is 7.32. The maximum absolute atomic E-state index is 13.1. The number of nitrogens with one attached hydrogen (secondary N) is 2. The molecule has 0 saturated carbocycles. The van der Waals surface area contributed by atoms with Crippen LogP contribution in [-0.2, 0) is 6.42 Å². The first kappa shape index (κ1) is 20.1. The number of aromatic amines is 1. The Hall–Kier alpha value is -3.19. The van der Waals surface area contributed by atoms with Gasteiger partial charge in [-0.05, 0) is 50.1 Å². The summed E-state index contributed by atoms with van der Waals surface area (Å²) in [4.78, 5) is 20.3. The van der Waals surface area contributed by atoms with Gasteiger partial charge in [-0.2, -0.15) is 9.78 Å². The van der Waals surface area contributed by atoms with E-state index in [0.717, 1.165) is 39.1 Å². The van der Waals surface area contributed by atoms with Crippen molar-refractivity contribution in [3.63, 3.8) is 0 Å². The summed E-state index contributed by atoms with van der Waals surface area (Å²) >= 11 is 6.10. The molecule has 154 valence electrons. The van der Waals surface area contributed by atoms with Crippen LogP contribution in [0.4, 0.5) is 9.18 Å². The summed E-state index contributed by atoms with van der Waals surface area (Å²) in [6.45, 7) is 5.60. The highest BCUT2D eigenvalue weighted by atomic mass is 35.5. The number of benzene rings is 1. The molecule has 4 rings (SSSR count). The minimum atomic E-state index is -0.331. The van der Waals surface area contributed by atoms with Crippen molar-refractivity contribution in [3.8, 4) is 0 Å². The van der Waals surface area contributed by atoms with Crippen LogP contribution in [0, 0.1) is 19.7 Å². The molecule has 1 atom stereocenters. The van der Waals surface area contributed by atoms with Gasteiger partial charge in [-0.15, -0.1) is 0 Å². The predicted octanol–water partition coefficient (Wildman–Crippen LogP) is 5.08. The van der Waals surface area contributed by atoms with Crippen molar-refractivity contribution < 1.29 is 9.18 Å². The molecular weight excluding hydrogens is 405 g/mol. The van der Waals surface area contributed by atoms with Crippen LogP contribution in [0.3, 0.4) is 0 Å². The number of hydrogen-bond donors (Lipinski definition) is 2. The summed E-state index contributed by atoms with van der Waals surface area (Å²) in [7, 11) is 0. The Labute approximate surface area is 178 Å². The number of pyridine rings is 1. The van der Waals surface area contributed by atoms with E-state index < -0.39 is 0 Å². The number of H-pyrrole nitrogens is 1. The van der Waals surface area contributed by atoms with Crippen LogP contribution < -0.4 is 5.32 Å². The lowest BCUT2D eigenvalue weighted by molar-refractivity contribution is 0.236. The fraction of sp³-hybridized carbons (Fsp3) is 0.227. The zero-order valence-electron chi connectivity index (χ0n) is 16.8. The molecule has 0 bridgehead atoms. The molecule has 0 aliphatic heterocycles. The van der Waals surface area contributed by atoms with Gasteiger partial charge in [-0.3, -0.25) is 0 Å². The standard InChI is InChI=1S/C22H21ClFN5O/c1-12(15-4-6-18(24)7-5-15)27-22(30)29-14(3)19(13(2)28-29)8-16-10-25-21-20(16)9-17(23)11-26-21/h4-7,9-12H,8H2,1-3H3,(H,25,26)(H,27,30)/t12-/m0/s1. The number of carbonyl (C=O) groups excluding carboxylic acids is 1. The fourth-order valence-electron chi connectivity index (χ4n) is 3.58. The van der Waals surface area contributed by atoms with Gasteiger partial charge in [-0.1, -0.05) is 23.7 Å². The molecule has 30 heavy (non-hydrogen) atoms. The van der Waals surface area contributed by atoms with Gasteiger partial charge in [0.2, 0.25) is 0 Å². The van der Waals surface area contributed by atoms with Crippen molar-refractivity contribution in [1.29, 1.82) is 0 Å². The van der Waals surface area contributed by atoms with E-state index in [4.69, 9.17) is 11.6 Å². The molecule has 8 heteroatoms. The van der Waals surface area contributed by atoms with E-state index in [1.807, 2.05) is 33.0 Å². The molecule has 0 spiro atoms. The van der Waals surface area contributed by atoms with Crippen molar-refractivity contribution >= 4 is 28.7 Å². The molecule has 0 fully saturated rings. The minimum absolute atomic E-state index is 0.285. The topological polar surface area (TPSA) is 75.6 Å². The van der Waals surface area contributed by atoms with Crippen LogP contribution in [-0.4, -0.2) is 25.8 Å². The quantitative estimate of drug-likeness (QED) is 0.478. The average Bonchev–Trinajstić information content (AvgIpc) is 3.24. The molecule has 2 N–H and O–H groups in total. The van der Waals surface area contributed by atoms with E-state index in [-0.39, 0.29) is 17.9 Å². The van der Waals surface area contributed by atoms with Gasteiger partial charge in [0.1, 0.15) is 11.5 Å². The lowest BCUT2D eigenvalue weighted by Gasteiger charge is -2.15. The number of rotatable bonds is 4. The van der Waals surface area contributed by atoms with Crippen molar-refractivity contribution in [2.75, 3.05) is 0 Å². The first-order valence-electron chi connectivity index (χ1n) is 9.56. The van der Waals surface area contributed by atoms with Crippen LogP contribution in [0.1, 0.15) is 41.0 Å². The van der Waals surface area contributed by atoms with E-state index in [0.29, 0.717) is 11.4 Å². The summed E-state index contributed by atoms with van der Waals surface area (Å²) in [5.41, 5.74) is 5.13. The molecule has 1 amide bonds. The molecule has 0 saturated heterocycles. The number of amides is 1. The Morgan fingerprint density at radius 2 is 2.03 bits per heavy atom. The molecular formula is C22H21ClFN5O. The Bertz CT molecular complexity index is 1230. The summed E-state index contributed by atoms with van der Waals surface area (Å²) in [6.07, 6.45) is 4.10. The molecule has 3 aromatic heterocycles.